The fraction of sp³-hybridized carbons (Fsp3) is 0.360. The number of carbonyl (C=O) groups excluding carboxylic acids is 1. The Balaban J connectivity index is 1.42. The van der Waals surface area contributed by atoms with E-state index in [9.17, 15) is 26.4 Å². The van der Waals surface area contributed by atoms with Crippen molar-refractivity contribution in [2.24, 2.45) is 0 Å². The minimum atomic E-state index is -4.77. The Hall–Kier alpha value is -2.96. The predicted octanol–water partition coefficient (Wildman–Crippen LogP) is 5.88. The van der Waals surface area contributed by atoms with E-state index in [0.717, 1.165) is 5.01 Å². The number of sulfonamides is 1. The molecule has 1 aromatic heterocycles. The summed E-state index contributed by atoms with van der Waals surface area (Å²) >= 11 is 1.37. The number of nitrogens with zero attached hydrogens (tertiary/aromatic N) is 2. The van der Waals surface area contributed by atoms with Crippen molar-refractivity contribution in [1.82, 2.24) is 9.29 Å². The van der Waals surface area contributed by atoms with Crippen molar-refractivity contribution in [3.63, 3.8) is 0 Å². The van der Waals surface area contributed by atoms with E-state index in [1.807, 2.05) is 6.92 Å². The molecule has 1 N–H and O–H groups in total. The highest BCUT2D eigenvalue weighted by Crippen LogP contribution is 2.33. The number of piperidine rings is 1. The second-order valence-electron chi connectivity index (χ2n) is 8.63. The summed E-state index contributed by atoms with van der Waals surface area (Å²) in [7, 11) is -3.22. The number of carbonyl (C=O) groups is 1. The first-order valence-electron chi connectivity index (χ1n) is 11.8. The fourth-order valence-corrected chi connectivity index (χ4v) is 6.73. The third-order valence-corrected chi connectivity index (χ3v) is 9.07. The van der Waals surface area contributed by atoms with E-state index >= 15 is 0 Å². The van der Waals surface area contributed by atoms with Gasteiger partial charge in [0.2, 0.25) is 10.0 Å². The molecule has 0 aliphatic carbocycles. The number of rotatable bonds is 8. The largest absolute Gasteiger partial charge is 0.573 e. The molecule has 0 spiro atoms. The molecule has 1 aliphatic heterocycles. The third-order valence-electron chi connectivity index (χ3n) is 5.99. The first kappa shape index (κ1) is 27.1. The molecule has 7 nitrogen and oxygen atoms in total. The van der Waals surface area contributed by atoms with Gasteiger partial charge >= 0.3 is 6.36 Å². The van der Waals surface area contributed by atoms with Crippen LogP contribution in [0.4, 0.5) is 18.9 Å². The number of alkyl halides is 3. The van der Waals surface area contributed by atoms with Crippen LogP contribution in [0.25, 0.3) is 11.1 Å². The summed E-state index contributed by atoms with van der Waals surface area (Å²) < 4.78 is 67.4. The van der Waals surface area contributed by atoms with Crippen LogP contribution in [0.5, 0.6) is 5.75 Å². The summed E-state index contributed by atoms with van der Waals surface area (Å²) in [6.45, 7) is 2.72. The lowest BCUT2D eigenvalue weighted by molar-refractivity contribution is -0.274. The Bertz CT molecular complexity index is 1330. The standard InChI is InChI=1S/C25H26F3N3O4S2/c1-2-15-37(33,34)31-13-11-18(12-14-31)24-30-22(16-36-24)23(32)29-21-6-4-3-5-20(21)17-7-9-19(10-8-17)35-25(26,27)28/h3-10,16,18H,2,11-15H2,1H3,(H,29,32). The van der Waals surface area contributed by atoms with Crippen molar-refractivity contribution in [3.05, 3.63) is 64.6 Å². The number of hydrogen-bond acceptors (Lipinski definition) is 6. The topological polar surface area (TPSA) is 88.6 Å². The maximum absolute atomic E-state index is 13.0. The Labute approximate surface area is 217 Å². The quantitative estimate of drug-likeness (QED) is 0.376. The number of thiazole rings is 1. The highest BCUT2D eigenvalue weighted by atomic mass is 32.2. The summed E-state index contributed by atoms with van der Waals surface area (Å²) in [6, 6.07) is 12.4. The van der Waals surface area contributed by atoms with Gasteiger partial charge in [-0.3, -0.25) is 4.79 Å². The number of anilines is 1. The molecule has 0 radical (unpaired) electrons. The molecule has 2 aromatic carbocycles. The van der Waals surface area contributed by atoms with Gasteiger partial charge in [0.15, 0.2) is 0 Å². The van der Waals surface area contributed by atoms with Crippen LogP contribution in [0.3, 0.4) is 0 Å². The number of ether oxygens (including phenoxy) is 1. The average Bonchev–Trinajstić information content (AvgIpc) is 3.35. The lowest BCUT2D eigenvalue weighted by Crippen LogP contribution is -2.39. The molecule has 3 aromatic rings. The Kier molecular flexibility index (Phi) is 8.20. The summed E-state index contributed by atoms with van der Waals surface area (Å²) in [5.74, 6) is -0.507. The van der Waals surface area contributed by atoms with Crippen molar-refractivity contribution in [2.75, 3.05) is 24.2 Å². The normalized spacial score (nSPS) is 15.5. The van der Waals surface area contributed by atoms with Gasteiger partial charge in [-0.25, -0.2) is 17.7 Å². The molecule has 0 unspecified atom stereocenters. The highest BCUT2D eigenvalue weighted by molar-refractivity contribution is 7.89. The molecule has 1 aliphatic rings. The number of para-hydroxylation sites is 1. The van der Waals surface area contributed by atoms with Crippen LogP contribution >= 0.6 is 11.3 Å². The molecule has 1 saturated heterocycles. The summed E-state index contributed by atoms with van der Waals surface area (Å²) in [5, 5.41) is 5.32. The van der Waals surface area contributed by atoms with E-state index in [0.29, 0.717) is 49.2 Å². The Morgan fingerprint density at radius 2 is 1.81 bits per heavy atom. The van der Waals surface area contributed by atoms with Crippen molar-refractivity contribution < 1.29 is 31.1 Å². The number of hydrogen-bond donors (Lipinski definition) is 1. The lowest BCUT2D eigenvalue weighted by Gasteiger charge is -2.30. The van der Waals surface area contributed by atoms with E-state index < -0.39 is 22.3 Å². The second-order valence-corrected chi connectivity index (χ2v) is 11.6. The van der Waals surface area contributed by atoms with Crippen molar-refractivity contribution in [1.29, 1.82) is 0 Å². The number of halogens is 3. The molecule has 0 saturated carbocycles. The van der Waals surface area contributed by atoms with Gasteiger partial charge in [0.05, 0.1) is 10.8 Å². The molecular weight excluding hydrogens is 527 g/mol. The monoisotopic (exact) mass is 553 g/mol. The predicted molar refractivity (Wildman–Crippen MR) is 136 cm³/mol. The fourth-order valence-electron chi connectivity index (χ4n) is 4.21. The van der Waals surface area contributed by atoms with Gasteiger partial charge in [0.25, 0.3) is 5.91 Å². The van der Waals surface area contributed by atoms with E-state index in [-0.39, 0.29) is 23.1 Å². The lowest BCUT2D eigenvalue weighted by atomic mass is 9.99. The molecule has 198 valence electrons. The van der Waals surface area contributed by atoms with Crippen LogP contribution in [0, 0.1) is 0 Å². The minimum absolute atomic E-state index is 0.0874. The van der Waals surface area contributed by atoms with Crippen LogP contribution in [0.1, 0.15) is 47.6 Å². The van der Waals surface area contributed by atoms with E-state index in [1.54, 1.807) is 29.6 Å². The SMILES string of the molecule is CCCS(=O)(=O)N1CCC(c2nc(C(=O)Nc3ccccc3-c3ccc(OC(F)(F)F)cc3)cs2)CC1. The zero-order chi connectivity index (χ0) is 26.6. The van der Waals surface area contributed by atoms with Crippen LogP contribution in [-0.4, -0.2) is 48.8 Å². The molecule has 12 heteroatoms. The van der Waals surface area contributed by atoms with Crippen LogP contribution in [0.15, 0.2) is 53.9 Å². The first-order chi connectivity index (χ1) is 17.6. The van der Waals surface area contributed by atoms with E-state index in [4.69, 9.17) is 0 Å². The van der Waals surface area contributed by atoms with Gasteiger partial charge in [0.1, 0.15) is 11.4 Å². The maximum atomic E-state index is 13.0. The molecule has 37 heavy (non-hydrogen) atoms. The third kappa shape index (κ3) is 6.88. The summed E-state index contributed by atoms with van der Waals surface area (Å²) in [5.41, 5.74) is 1.98. The van der Waals surface area contributed by atoms with Gasteiger partial charge in [-0.1, -0.05) is 37.3 Å². The van der Waals surface area contributed by atoms with E-state index in [2.05, 4.69) is 15.0 Å². The van der Waals surface area contributed by atoms with Crippen molar-refractivity contribution in [2.45, 2.75) is 38.5 Å². The van der Waals surface area contributed by atoms with Crippen molar-refractivity contribution >= 4 is 33.0 Å². The van der Waals surface area contributed by atoms with Gasteiger partial charge < -0.3 is 10.1 Å². The number of benzene rings is 2. The van der Waals surface area contributed by atoms with Gasteiger partial charge in [-0.15, -0.1) is 24.5 Å². The van der Waals surface area contributed by atoms with Crippen molar-refractivity contribution in [3.8, 4) is 16.9 Å². The zero-order valence-corrected chi connectivity index (χ0v) is 21.6. The smallest absolute Gasteiger partial charge is 0.406 e. The zero-order valence-electron chi connectivity index (χ0n) is 20.0. The summed E-state index contributed by atoms with van der Waals surface area (Å²) in [4.78, 5) is 17.5. The van der Waals surface area contributed by atoms with Crippen LogP contribution in [0.2, 0.25) is 0 Å². The minimum Gasteiger partial charge on any atom is -0.406 e. The van der Waals surface area contributed by atoms with E-state index in [1.165, 1.54) is 39.9 Å². The molecule has 4 rings (SSSR count). The average molecular weight is 554 g/mol. The molecular formula is C25H26F3N3O4S2. The highest BCUT2D eigenvalue weighted by Gasteiger charge is 2.31. The maximum Gasteiger partial charge on any atom is 0.573 e. The van der Waals surface area contributed by atoms with Gasteiger partial charge in [0, 0.05) is 35.6 Å². The molecule has 2 heterocycles. The first-order valence-corrected chi connectivity index (χ1v) is 14.2. The van der Waals surface area contributed by atoms with Gasteiger partial charge in [-0.2, -0.15) is 0 Å². The Morgan fingerprint density at radius 3 is 2.46 bits per heavy atom. The number of aromatic nitrogens is 1. The molecule has 0 bridgehead atoms. The van der Waals surface area contributed by atoms with Crippen LogP contribution < -0.4 is 10.1 Å². The molecule has 0 atom stereocenters. The summed E-state index contributed by atoms with van der Waals surface area (Å²) in [6.07, 6.45) is -2.90. The van der Waals surface area contributed by atoms with Gasteiger partial charge in [-0.05, 0) is 43.0 Å². The Morgan fingerprint density at radius 1 is 1.14 bits per heavy atom. The number of amides is 1. The molecule has 1 amide bonds. The van der Waals surface area contributed by atoms with Crippen LogP contribution in [-0.2, 0) is 10.0 Å². The molecule has 1 fully saturated rings. The second kappa shape index (κ2) is 11.2. The number of nitrogens with one attached hydrogen (secondary N) is 1.